The third kappa shape index (κ3) is 11.2. The average Bonchev–Trinajstić information content (AvgIpc) is 3.02. The van der Waals surface area contributed by atoms with Crippen molar-refractivity contribution in [3.63, 3.8) is 0 Å². The predicted molar refractivity (Wildman–Crippen MR) is 151 cm³/mol. The van der Waals surface area contributed by atoms with Crippen LogP contribution in [0.2, 0.25) is 0 Å². The van der Waals surface area contributed by atoms with Gasteiger partial charge in [-0.3, -0.25) is 0 Å². The second-order valence-electron chi connectivity index (χ2n) is 11.1. The average molecular weight is 804 g/mol. The van der Waals surface area contributed by atoms with E-state index in [1.807, 2.05) is 0 Å². The molecule has 0 fully saturated rings. The highest BCUT2D eigenvalue weighted by Gasteiger charge is 2.39. The topological polar surface area (TPSA) is 74.8 Å². The Hall–Kier alpha value is -5.19. The Balaban J connectivity index is 1.71. The van der Waals surface area contributed by atoms with Gasteiger partial charge in [0, 0.05) is 19.6 Å². The Morgan fingerprint density at radius 2 is 0.463 bits per heavy atom. The van der Waals surface area contributed by atoms with Crippen molar-refractivity contribution >= 4 is 17.8 Å². The second kappa shape index (κ2) is 14.6. The number of halogens is 18. The molecular weight excluding hydrogens is 786 g/mol. The van der Waals surface area contributed by atoms with Crippen LogP contribution in [0.1, 0.15) is 50.1 Å². The molecule has 0 unspecified atom stereocenters. The molecule has 3 aromatic carbocycles. The van der Waals surface area contributed by atoms with Crippen molar-refractivity contribution in [2.75, 3.05) is 16.0 Å². The van der Waals surface area contributed by atoms with E-state index in [-0.39, 0.29) is 18.2 Å². The first kappa shape index (κ1) is 41.6. The van der Waals surface area contributed by atoms with Crippen molar-refractivity contribution in [1.82, 2.24) is 15.0 Å². The quantitative estimate of drug-likeness (QED) is 0.146. The number of rotatable bonds is 9. The van der Waals surface area contributed by atoms with Crippen LogP contribution in [0.4, 0.5) is 96.9 Å². The van der Waals surface area contributed by atoms with Gasteiger partial charge < -0.3 is 16.0 Å². The molecule has 0 aliphatic heterocycles. The summed E-state index contributed by atoms with van der Waals surface area (Å²) in [6, 6.07) is 1.39. The first-order valence-electron chi connectivity index (χ1n) is 14.3. The summed E-state index contributed by atoms with van der Waals surface area (Å²) in [5.74, 6) is -2.25. The van der Waals surface area contributed by atoms with Gasteiger partial charge in [-0.05, 0) is 71.3 Å². The number of aromatic nitrogens is 3. The Kier molecular flexibility index (Phi) is 11.2. The van der Waals surface area contributed by atoms with Crippen molar-refractivity contribution < 1.29 is 79.0 Å². The summed E-state index contributed by atoms with van der Waals surface area (Å²) in [7, 11) is 0. The van der Waals surface area contributed by atoms with Gasteiger partial charge in [0.1, 0.15) is 0 Å². The van der Waals surface area contributed by atoms with E-state index in [0.29, 0.717) is 36.4 Å². The third-order valence-electron chi connectivity index (χ3n) is 6.93. The molecule has 4 rings (SSSR count). The minimum absolute atomic E-state index is 0.174. The molecule has 0 spiro atoms. The number of hydrogen-bond acceptors (Lipinski definition) is 6. The molecular formula is C30H18F18N6. The van der Waals surface area contributed by atoms with Crippen LogP contribution in [0.3, 0.4) is 0 Å². The first-order chi connectivity index (χ1) is 24.5. The minimum Gasteiger partial charge on any atom is -0.350 e. The summed E-state index contributed by atoms with van der Waals surface area (Å²) in [6.07, 6.45) is -31.5. The Morgan fingerprint density at radius 1 is 0.296 bits per heavy atom. The van der Waals surface area contributed by atoms with E-state index in [1.54, 1.807) is 0 Å². The lowest BCUT2D eigenvalue weighted by Crippen LogP contribution is -2.16. The summed E-state index contributed by atoms with van der Waals surface area (Å²) in [4.78, 5) is 11.2. The summed E-state index contributed by atoms with van der Waals surface area (Å²) in [6.45, 7) is -2.71. The van der Waals surface area contributed by atoms with Crippen molar-refractivity contribution in [2.45, 2.75) is 56.7 Å². The van der Waals surface area contributed by atoms with Crippen LogP contribution in [-0.4, -0.2) is 15.0 Å². The van der Waals surface area contributed by atoms with Crippen LogP contribution in [0.25, 0.3) is 0 Å². The fourth-order valence-electron chi connectivity index (χ4n) is 4.52. The number of anilines is 3. The number of hydrogen-bond donors (Lipinski definition) is 3. The predicted octanol–water partition coefficient (Wildman–Crippen LogP) is 10.8. The van der Waals surface area contributed by atoms with Crippen molar-refractivity contribution in [3.05, 3.63) is 105 Å². The van der Waals surface area contributed by atoms with Gasteiger partial charge in [-0.1, -0.05) is 0 Å². The Morgan fingerprint density at radius 3 is 0.611 bits per heavy atom. The third-order valence-corrected chi connectivity index (χ3v) is 6.93. The fourth-order valence-corrected chi connectivity index (χ4v) is 4.52. The lowest BCUT2D eigenvalue weighted by Gasteiger charge is -2.16. The molecule has 0 amide bonds. The molecule has 0 atom stereocenters. The maximum absolute atomic E-state index is 13.3. The zero-order valence-electron chi connectivity index (χ0n) is 26.0. The zero-order valence-corrected chi connectivity index (χ0v) is 26.0. The van der Waals surface area contributed by atoms with Crippen molar-refractivity contribution in [3.8, 4) is 0 Å². The maximum Gasteiger partial charge on any atom is 0.416 e. The smallest absolute Gasteiger partial charge is 0.350 e. The summed E-state index contributed by atoms with van der Waals surface area (Å²) < 4.78 is 240. The molecule has 294 valence electrons. The molecule has 1 aromatic heterocycles. The normalized spacial score (nSPS) is 13.2. The van der Waals surface area contributed by atoms with E-state index in [2.05, 4.69) is 30.9 Å². The summed E-state index contributed by atoms with van der Waals surface area (Å²) >= 11 is 0. The molecule has 24 heteroatoms. The lowest BCUT2D eigenvalue weighted by atomic mass is 10.0. The molecule has 6 nitrogen and oxygen atoms in total. The minimum atomic E-state index is -5.25. The van der Waals surface area contributed by atoms with Gasteiger partial charge in [0.05, 0.1) is 33.4 Å². The Labute approximate surface area is 289 Å². The van der Waals surface area contributed by atoms with E-state index >= 15 is 0 Å². The van der Waals surface area contributed by atoms with Crippen LogP contribution >= 0.6 is 0 Å². The van der Waals surface area contributed by atoms with Gasteiger partial charge in [0.15, 0.2) is 0 Å². The molecule has 0 radical (unpaired) electrons. The van der Waals surface area contributed by atoms with Crippen LogP contribution in [0, 0.1) is 0 Å². The highest BCUT2D eigenvalue weighted by atomic mass is 19.4. The second-order valence-corrected chi connectivity index (χ2v) is 11.1. The van der Waals surface area contributed by atoms with Gasteiger partial charge >= 0.3 is 37.1 Å². The van der Waals surface area contributed by atoms with E-state index in [1.165, 1.54) is 0 Å². The molecule has 0 aliphatic rings. The van der Waals surface area contributed by atoms with Crippen LogP contribution in [0.15, 0.2) is 54.6 Å². The first-order valence-corrected chi connectivity index (χ1v) is 14.3. The molecule has 4 aromatic rings. The Bertz CT molecular complexity index is 1630. The largest absolute Gasteiger partial charge is 0.416 e. The number of benzene rings is 3. The molecule has 1 heterocycles. The summed E-state index contributed by atoms with van der Waals surface area (Å²) in [5.41, 5.74) is -12.3. The lowest BCUT2D eigenvalue weighted by molar-refractivity contribution is -0.144. The van der Waals surface area contributed by atoms with Gasteiger partial charge in [-0.15, -0.1) is 0 Å². The fraction of sp³-hybridized carbons (Fsp3) is 0.300. The molecule has 0 saturated carbocycles. The number of nitrogens with zero attached hydrogens (tertiary/aromatic N) is 3. The van der Waals surface area contributed by atoms with Gasteiger partial charge in [-0.2, -0.15) is 94.0 Å². The SMILES string of the molecule is FC(F)(F)c1cc(CNc2nc(NCc3cc(C(F)(F)F)cc(C(F)(F)F)c3)nc(NCc3cc(C(F)(F)F)cc(C(F)(F)F)c3)n2)cc(C(F)(F)F)c1. The molecule has 0 aliphatic carbocycles. The highest BCUT2D eigenvalue weighted by molar-refractivity contribution is 5.45. The van der Waals surface area contributed by atoms with Gasteiger partial charge in [-0.25, -0.2) is 0 Å². The van der Waals surface area contributed by atoms with E-state index < -0.39 is 125 Å². The van der Waals surface area contributed by atoms with Gasteiger partial charge in [0.2, 0.25) is 17.8 Å². The molecule has 0 bridgehead atoms. The number of nitrogens with one attached hydrogen (secondary N) is 3. The van der Waals surface area contributed by atoms with Crippen LogP contribution in [0.5, 0.6) is 0 Å². The molecule has 0 saturated heterocycles. The van der Waals surface area contributed by atoms with Crippen LogP contribution in [-0.2, 0) is 56.7 Å². The number of alkyl halides is 18. The van der Waals surface area contributed by atoms with Crippen molar-refractivity contribution in [1.29, 1.82) is 0 Å². The molecule has 54 heavy (non-hydrogen) atoms. The van der Waals surface area contributed by atoms with E-state index in [0.717, 1.165) is 0 Å². The van der Waals surface area contributed by atoms with Gasteiger partial charge in [0.25, 0.3) is 0 Å². The highest BCUT2D eigenvalue weighted by Crippen LogP contribution is 2.39. The summed E-state index contributed by atoms with van der Waals surface area (Å²) in [5, 5.41) is 6.72. The zero-order chi connectivity index (χ0) is 40.7. The monoisotopic (exact) mass is 804 g/mol. The standard InChI is InChI=1S/C30H18F18N6/c31-25(32,33)16-1-13(2-17(7-16)26(34,35)36)10-49-22-52-23(50-11-14-3-18(27(37,38)39)8-19(4-14)28(40,41)42)54-24(53-22)51-12-15-5-20(29(43,44)45)9-21(6-15)30(46,47)48/h1-9H,10-12H2,(H3,49,50,51,52,53,54). The van der Waals surface area contributed by atoms with E-state index in [9.17, 15) is 79.0 Å². The van der Waals surface area contributed by atoms with Crippen LogP contribution < -0.4 is 16.0 Å². The van der Waals surface area contributed by atoms with Crippen molar-refractivity contribution in [2.24, 2.45) is 0 Å². The maximum atomic E-state index is 13.3. The molecule has 3 N–H and O–H groups in total. The van der Waals surface area contributed by atoms with E-state index in [4.69, 9.17) is 0 Å².